The van der Waals surface area contributed by atoms with Crippen LogP contribution >= 0.6 is 35.3 Å². The summed E-state index contributed by atoms with van der Waals surface area (Å²) in [6.07, 6.45) is 1.95. The number of aliphatic imine (C=N–C) groups is 1. The van der Waals surface area contributed by atoms with E-state index in [1.165, 1.54) is 4.88 Å². The van der Waals surface area contributed by atoms with Crippen LogP contribution in [0, 0.1) is 0 Å². The first-order valence-corrected chi connectivity index (χ1v) is 10.6. The lowest BCUT2D eigenvalue weighted by Gasteiger charge is -2.34. The number of anilines is 1. The highest BCUT2D eigenvalue weighted by molar-refractivity contribution is 14.0. The molecule has 1 aliphatic heterocycles. The van der Waals surface area contributed by atoms with Crippen molar-refractivity contribution in [3.63, 3.8) is 0 Å². The van der Waals surface area contributed by atoms with Gasteiger partial charge in [0.25, 0.3) is 0 Å². The second kappa shape index (κ2) is 12.2. The highest BCUT2D eigenvalue weighted by Crippen LogP contribution is 2.14. The molecule has 1 saturated heterocycles. The summed E-state index contributed by atoms with van der Waals surface area (Å²) in [5.41, 5.74) is 1.12. The smallest absolute Gasteiger partial charge is 0.191 e. The number of hydrogen-bond donors (Lipinski definition) is 2. The Labute approximate surface area is 189 Å². The molecule has 0 aromatic carbocycles. The number of likely N-dealkylation sites (N-methyl/N-ethyl adjacent to an activating group) is 1. The molecule has 28 heavy (non-hydrogen) atoms. The predicted octanol–water partition coefficient (Wildman–Crippen LogP) is 3.16. The van der Waals surface area contributed by atoms with E-state index < -0.39 is 0 Å². The van der Waals surface area contributed by atoms with Crippen molar-refractivity contribution in [2.75, 3.05) is 44.2 Å². The molecule has 3 rings (SSSR count). The minimum absolute atomic E-state index is 0. The Morgan fingerprint density at radius 1 is 1.14 bits per heavy atom. The van der Waals surface area contributed by atoms with Crippen molar-refractivity contribution >= 4 is 47.1 Å². The van der Waals surface area contributed by atoms with Gasteiger partial charge in [0.15, 0.2) is 5.96 Å². The number of nitrogens with one attached hydrogen (secondary N) is 2. The van der Waals surface area contributed by atoms with Crippen LogP contribution in [0.25, 0.3) is 0 Å². The molecule has 0 radical (unpaired) electrons. The topological polar surface area (TPSA) is 55.8 Å². The molecule has 8 heteroatoms. The minimum Gasteiger partial charge on any atom is -0.357 e. The van der Waals surface area contributed by atoms with Gasteiger partial charge in [0.1, 0.15) is 5.82 Å². The Kier molecular flexibility index (Phi) is 10.0. The van der Waals surface area contributed by atoms with Crippen LogP contribution in [-0.4, -0.2) is 55.1 Å². The third-order valence-electron chi connectivity index (χ3n) is 4.73. The maximum atomic E-state index is 4.69. The number of rotatable bonds is 7. The van der Waals surface area contributed by atoms with Crippen molar-refractivity contribution in [2.24, 2.45) is 4.99 Å². The Morgan fingerprint density at radius 3 is 2.57 bits per heavy atom. The van der Waals surface area contributed by atoms with E-state index in [1.54, 1.807) is 11.3 Å². The second-order valence-corrected chi connectivity index (χ2v) is 7.61. The summed E-state index contributed by atoms with van der Waals surface area (Å²) in [6.45, 7) is 12.0. The summed E-state index contributed by atoms with van der Waals surface area (Å²) >= 11 is 1.75. The van der Waals surface area contributed by atoms with E-state index in [-0.39, 0.29) is 24.0 Å². The van der Waals surface area contributed by atoms with Crippen molar-refractivity contribution in [3.8, 4) is 0 Å². The Balaban J connectivity index is 0.00000280. The molecular formula is C20H31IN6S. The fourth-order valence-electron chi connectivity index (χ4n) is 3.09. The lowest BCUT2D eigenvalue weighted by molar-refractivity contribution is 0.270. The molecule has 2 aromatic heterocycles. The summed E-state index contributed by atoms with van der Waals surface area (Å²) in [7, 11) is 0. The van der Waals surface area contributed by atoms with Crippen LogP contribution in [0.4, 0.5) is 5.82 Å². The zero-order chi connectivity index (χ0) is 18.9. The molecule has 2 aromatic rings. The van der Waals surface area contributed by atoms with Gasteiger partial charge in [0.05, 0.1) is 13.1 Å². The standard InChI is InChI=1S/C20H30N6S.HI/c1-3-21-20(24-16-18-6-5-13-27-18)23-15-17-7-8-19(22-14-17)26-11-9-25(4-2)10-12-26;/h5-8,13-14H,3-4,9-12,15-16H2,1-2H3,(H2,21,23,24);1H. The molecule has 0 saturated carbocycles. The number of aromatic nitrogens is 1. The number of hydrogen-bond acceptors (Lipinski definition) is 5. The van der Waals surface area contributed by atoms with Crippen LogP contribution in [-0.2, 0) is 13.1 Å². The summed E-state index contributed by atoms with van der Waals surface area (Å²) in [4.78, 5) is 15.5. The number of guanidine groups is 1. The Hall–Kier alpha value is -1.39. The highest BCUT2D eigenvalue weighted by Gasteiger charge is 2.16. The quantitative estimate of drug-likeness (QED) is 0.338. The summed E-state index contributed by atoms with van der Waals surface area (Å²) in [5.74, 6) is 1.91. The normalized spacial score (nSPS) is 15.2. The van der Waals surface area contributed by atoms with Gasteiger partial charge in [-0.1, -0.05) is 19.1 Å². The lowest BCUT2D eigenvalue weighted by Crippen LogP contribution is -2.46. The van der Waals surface area contributed by atoms with Gasteiger partial charge in [0.2, 0.25) is 0 Å². The molecule has 2 N–H and O–H groups in total. The Bertz CT molecular complexity index is 696. The largest absolute Gasteiger partial charge is 0.357 e. The monoisotopic (exact) mass is 514 g/mol. The van der Waals surface area contributed by atoms with Gasteiger partial charge in [-0.3, -0.25) is 0 Å². The van der Waals surface area contributed by atoms with E-state index in [9.17, 15) is 0 Å². The fraction of sp³-hybridized carbons (Fsp3) is 0.500. The van der Waals surface area contributed by atoms with E-state index in [2.05, 4.69) is 73.9 Å². The van der Waals surface area contributed by atoms with Gasteiger partial charge in [-0.25, -0.2) is 9.98 Å². The van der Waals surface area contributed by atoms with E-state index >= 15 is 0 Å². The maximum absolute atomic E-state index is 4.69. The summed E-state index contributed by atoms with van der Waals surface area (Å²) < 4.78 is 0. The first kappa shape index (κ1) is 22.9. The molecule has 1 aliphatic rings. The molecule has 0 amide bonds. The Morgan fingerprint density at radius 2 is 1.96 bits per heavy atom. The number of piperazine rings is 1. The van der Waals surface area contributed by atoms with Crippen LogP contribution in [0.15, 0.2) is 40.8 Å². The number of halogens is 1. The van der Waals surface area contributed by atoms with E-state index in [1.807, 2.05) is 6.20 Å². The van der Waals surface area contributed by atoms with Crippen molar-refractivity contribution < 1.29 is 0 Å². The maximum Gasteiger partial charge on any atom is 0.191 e. The third kappa shape index (κ3) is 6.89. The molecule has 154 valence electrons. The van der Waals surface area contributed by atoms with Crippen molar-refractivity contribution in [1.82, 2.24) is 20.5 Å². The first-order valence-electron chi connectivity index (χ1n) is 9.75. The van der Waals surface area contributed by atoms with E-state index in [0.717, 1.165) is 63.2 Å². The van der Waals surface area contributed by atoms with Crippen molar-refractivity contribution in [3.05, 3.63) is 46.3 Å². The molecule has 6 nitrogen and oxygen atoms in total. The van der Waals surface area contributed by atoms with Crippen LogP contribution in [0.1, 0.15) is 24.3 Å². The third-order valence-corrected chi connectivity index (χ3v) is 5.60. The lowest BCUT2D eigenvalue weighted by atomic mass is 10.2. The number of nitrogens with zero attached hydrogens (tertiary/aromatic N) is 4. The molecule has 0 unspecified atom stereocenters. The second-order valence-electron chi connectivity index (χ2n) is 6.57. The zero-order valence-electron chi connectivity index (χ0n) is 16.7. The summed E-state index contributed by atoms with van der Waals surface area (Å²) in [6, 6.07) is 8.46. The zero-order valence-corrected chi connectivity index (χ0v) is 19.9. The average molecular weight is 514 g/mol. The van der Waals surface area contributed by atoms with Crippen LogP contribution in [0.2, 0.25) is 0 Å². The summed E-state index contributed by atoms with van der Waals surface area (Å²) in [5, 5.41) is 8.77. The van der Waals surface area contributed by atoms with Crippen LogP contribution in [0.3, 0.4) is 0 Å². The van der Waals surface area contributed by atoms with Crippen LogP contribution in [0.5, 0.6) is 0 Å². The molecule has 1 fully saturated rings. The van der Waals surface area contributed by atoms with Crippen LogP contribution < -0.4 is 15.5 Å². The molecule has 3 heterocycles. The van der Waals surface area contributed by atoms with Gasteiger partial charge in [0, 0.05) is 43.8 Å². The average Bonchev–Trinajstić information content (AvgIpc) is 3.24. The number of thiophene rings is 1. The molecule has 0 spiro atoms. The highest BCUT2D eigenvalue weighted by atomic mass is 127. The molecule has 0 aliphatic carbocycles. The van der Waals surface area contributed by atoms with E-state index in [4.69, 9.17) is 0 Å². The first-order chi connectivity index (χ1) is 13.3. The molecular weight excluding hydrogens is 483 g/mol. The van der Waals surface area contributed by atoms with Gasteiger partial charge >= 0.3 is 0 Å². The molecule has 0 bridgehead atoms. The van der Waals surface area contributed by atoms with Crippen molar-refractivity contribution in [1.29, 1.82) is 0 Å². The van der Waals surface area contributed by atoms with E-state index in [0.29, 0.717) is 6.54 Å². The number of pyridine rings is 1. The van der Waals surface area contributed by atoms with Gasteiger partial charge < -0.3 is 20.4 Å². The molecule has 0 atom stereocenters. The van der Waals surface area contributed by atoms with Gasteiger partial charge in [-0.05, 0) is 36.5 Å². The fourth-order valence-corrected chi connectivity index (χ4v) is 3.73. The SMILES string of the molecule is CCNC(=NCc1ccc(N2CCN(CC)CC2)nc1)NCc1cccs1.I. The van der Waals surface area contributed by atoms with Gasteiger partial charge in [-0.15, -0.1) is 35.3 Å². The van der Waals surface area contributed by atoms with Gasteiger partial charge in [-0.2, -0.15) is 0 Å². The minimum atomic E-state index is 0. The predicted molar refractivity (Wildman–Crippen MR) is 130 cm³/mol. The van der Waals surface area contributed by atoms with Crippen molar-refractivity contribution in [2.45, 2.75) is 26.9 Å².